The number of hydrogen-bond donors (Lipinski definition) is 3. The molecule has 0 unspecified atom stereocenters. The molecule has 11 nitrogen and oxygen atoms in total. The second-order valence-electron chi connectivity index (χ2n) is 12.3. The van der Waals surface area contributed by atoms with Crippen molar-refractivity contribution >= 4 is 32.0 Å². The number of ether oxygens (including phenoxy) is 1. The molecule has 2 aliphatic heterocycles. The minimum atomic E-state index is -1.99. The minimum Gasteiger partial charge on any atom is -0.481 e. The van der Waals surface area contributed by atoms with E-state index >= 15 is 0 Å². The monoisotopic (exact) mass is 573 g/mol. The second-order valence-corrected chi connectivity index (χ2v) is 17.7. The largest absolute Gasteiger partial charge is 0.481 e. The molecule has 3 atom stereocenters. The summed E-state index contributed by atoms with van der Waals surface area (Å²) in [5.41, 5.74) is 2.44. The number of carboxylic acid groups (broad SMARTS) is 1. The zero-order valence-electron chi connectivity index (χ0n) is 25.3. The van der Waals surface area contributed by atoms with Gasteiger partial charge >= 0.3 is 6.09 Å². The fraction of sp³-hybridized carbons (Fsp3) is 0.714. The quantitative estimate of drug-likeness (QED) is 0.271. The first-order valence-corrected chi connectivity index (χ1v) is 16.7. The van der Waals surface area contributed by atoms with Crippen molar-refractivity contribution in [2.45, 2.75) is 115 Å². The maximum atomic E-state index is 11.8. The summed E-state index contributed by atoms with van der Waals surface area (Å²) < 4.78 is 12.2. The van der Waals surface area contributed by atoms with Crippen LogP contribution in [-0.4, -0.2) is 76.9 Å². The number of amides is 1. The van der Waals surface area contributed by atoms with Gasteiger partial charge in [-0.25, -0.2) is 4.79 Å². The van der Waals surface area contributed by atoms with E-state index in [4.69, 9.17) is 14.1 Å². The molecule has 2 aliphatic rings. The molecule has 2 bridgehead atoms. The molecule has 12 heteroatoms. The van der Waals surface area contributed by atoms with Gasteiger partial charge in [-0.2, -0.15) is 15.1 Å². The van der Waals surface area contributed by atoms with Crippen LogP contribution in [0.3, 0.4) is 0 Å². The highest BCUT2D eigenvalue weighted by atomic mass is 28.4. The van der Waals surface area contributed by atoms with Gasteiger partial charge in [-0.15, -0.1) is 0 Å². The molecule has 2 saturated heterocycles. The van der Waals surface area contributed by atoms with Gasteiger partial charge in [0.2, 0.25) is 20.1 Å². The van der Waals surface area contributed by atoms with Gasteiger partial charge in [-0.3, -0.25) is 5.10 Å². The van der Waals surface area contributed by atoms with Gasteiger partial charge in [0.15, 0.2) is 5.82 Å². The topological polar surface area (TPSA) is 129 Å². The summed E-state index contributed by atoms with van der Waals surface area (Å²) in [4.78, 5) is 25.0. The van der Waals surface area contributed by atoms with E-state index in [1.54, 1.807) is 18.1 Å². The standard InChI is InChI=1S/C28H47N7O4Si/c1-17(2)40(18(3)4,19(5)6)39-16-20-12-25(33-32-20)29-24-15-26(38-8)31-27(30-24)34(7)23-13-21-10-9-11-22(14-23)35(21)28(36)37/h12,15,17-19,21-23H,9-11,13-14,16H2,1-8H3,(H,36,37)(H2,29,30,31,32,33)/t21-,22+,23-. The third-order valence-electron chi connectivity index (χ3n) is 9.01. The maximum absolute atomic E-state index is 11.8. The number of aromatic nitrogens is 4. The molecule has 0 saturated carbocycles. The van der Waals surface area contributed by atoms with Crippen molar-refractivity contribution in [1.29, 1.82) is 0 Å². The third-order valence-corrected chi connectivity index (χ3v) is 15.1. The summed E-state index contributed by atoms with van der Waals surface area (Å²) in [6, 6.07) is 3.93. The first-order chi connectivity index (χ1) is 19.0. The van der Waals surface area contributed by atoms with Crippen LogP contribution in [0.2, 0.25) is 16.6 Å². The number of fused-ring (bicyclic) bond motifs is 2. The van der Waals surface area contributed by atoms with Crippen LogP contribution in [0.1, 0.15) is 79.3 Å². The van der Waals surface area contributed by atoms with Crippen LogP contribution in [0.25, 0.3) is 0 Å². The van der Waals surface area contributed by atoms with E-state index in [2.05, 4.69) is 66.9 Å². The van der Waals surface area contributed by atoms with Gasteiger partial charge in [0.05, 0.1) is 19.4 Å². The smallest absolute Gasteiger partial charge is 0.407 e. The van der Waals surface area contributed by atoms with E-state index in [0.29, 0.717) is 46.7 Å². The Bertz CT molecular complexity index is 1120. The number of H-pyrrole nitrogens is 1. The summed E-state index contributed by atoms with van der Waals surface area (Å²) in [5, 5.41) is 20.6. The number of piperidine rings is 2. The number of nitrogens with one attached hydrogen (secondary N) is 2. The molecule has 3 N–H and O–H groups in total. The molecular formula is C28H47N7O4Si. The molecule has 4 rings (SSSR count). The van der Waals surface area contributed by atoms with Crippen LogP contribution in [0, 0.1) is 0 Å². The molecule has 0 spiro atoms. The zero-order chi connectivity index (χ0) is 29.2. The molecular weight excluding hydrogens is 526 g/mol. The highest BCUT2D eigenvalue weighted by Crippen LogP contribution is 2.43. The Morgan fingerprint density at radius 1 is 1.10 bits per heavy atom. The number of aromatic amines is 1. The number of carbonyl (C=O) groups is 1. The second kappa shape index (κ2) is 12.3. The van der Waals surface area contributed by atoms with E-state index in [1.165, 1.54) is 0 Å². The van der Waals surface area contributed by atoms with Gasteiger partial charge in [0.25, 0.3) is 0 Å². The average molecular weight is 574 g/mol. The molecule has 1 amide bonds. The Hall–Kier alpha value is -2.86. The van der Waals surface area contributed by atoms with Gasteiger partial charge in [-0.05, 0) is 48.7 Å². The molecule has 4 heterocycles. The van der Waals surface area contributed by atoms with Crippen molar-refractivity contribution in [3.8, 4) is 5.88 Å². The lowest BCUT2D eigenvalue weighted by molar-refractivity contribution is 0.0351. The molecule has 222 valence electrons. The number of rotatable bonds is 11. The lowest BCUT2D eigenvalue weighted by Gasteiger charge is -2.49. The molecule has 2 aromatic rings. The SMILES string of the molecule is COc1cc(Nc2cc(CO[Si](C(C)C)(C(C)C)C(C)C)[nH]n2)nc(N(C)[C@@H]2C[C@H]3CCC[C@@H](C2)N3C(=O)O)n1. The molecule has 40 heavy (non-hydrogen) atoms. The van der Waals surface area contributed by atoms with Gasteiger partial charge in [0, 0.05) is 37.3 Å². The average Bonchev–Trinajstić information content (AvgIpc) is 3.33. The van der Waals surface area contributed by atoms with E-state index in [0.717, 1.165) is 37.8 Å². The highest BCUT2D eigenvalue weighted by Gasteiger charge is 2.45. The van der Waals surface area contributed by atoms with Gasteiger partial charge in [-0.1, -0.05) is 41.5 Å². The van der Waals surface area contributed by atoms with Crippen LogP contribution >= 0.6 is 0 Å². The van der Waals surface area contributed by atoms with Gasteiger partial charge in [0.1, 0.15) is 5.82 Å². The third kappa shape index (κ3) is 6.07. The Morgan fingerprint density at radius 3 is 2.27 bits per heavy atom. The number of methoxy groups -OCH3 is 1. The number of hydrogen-bond acceptors (Lipinski definition) is 8. The van der Waals surface area contributed by atoms with Crippen molar-refractivity contribution in [3.05, 3.63) is 17.8 Å². The zero-order valence-corrected chi connectivity index (χ0v) is 26.3. The maximum Gasteiger partial charge on any atom is 0.407 e. The predicted octanol–water partition coefficient (Wildman–Crippen LogP) is 6.14. The van der Waals surface area contributed by atoms with E-state index in [9.17, 15) is 9.90 Å². The Balaban J connectivity index is 1.47. The van der Waals surface area contributed by atoms with Gasteiger partial charge < -0.3 is 29.4 Å². The Morgan fingerprint density at radius 2 is 1.73 bits per heavy atom. The van der Waals surface area contributed by atoms with Crippen LogP contribution in [0.15, 0.2) is 12.1 Å². The van der Waals surface area contributed by atoms with Crippen LogP contribution in [0.5, 0.6) is 5.88 Å². The van der Waals surface area contributed by atoms with E-state index in [1.807, 2.05) is 13.1 Å². The van der Waals surface area contributed by atoms with Crippen molar-refractivity contribution < 1.29 is 19.1 Å². The minimum absolute atomic E-state index is 0.0363. The number of nitrogens with zero attached hydrogens (tertiary/aromatic N) is 5. The molecule has 0 aromatic carbocycles. The highest BCUT2D eigenvalue weighted by molar-refractivity contribution is 6.77. The van der Waals surface area contributed by atoms with Crippen molar-refractivity contribution in [2.24, 2.45) is 0 Å². The molecule has 2 aromatic heterocycles. The molecule has 0 aliphatic carbocycles. The summed E-state index contributed by atoms with van der Waals surface area (Å²) in [6.45, 7) is 14.2. The van der Waals surface area contributed by atoms with Crippen molar-refractivity contribution in [3.63, 3.8) is 0 Å². The van der Waals surface area contributed by atoms with Crippen LogP contribution < -0.4 is 15.0 Å². The Kier molecular flexibility index (Phi) is 9.28. The summed E-state index contributed by atoms with van der Waals surface area (Å²) >= 11 is 0. The summed E-state index contributed by atoms with van der Waals surface area (Å²) in [5.74, 6) is 2.20. The number of anilines is 3. The lowest BCUT2D eigenvalue weighted by atomic mass is 9.81. The fourth-order valence-corrected chi connectivity index (χ4v) is 12.6. The van der Waals surface area contributed by atoms with E-state index < -0.39 is 14.4 Å². The lowest BCUT2D eigenvalue weighted by Crippen LogP contribution is -2.58. The summed E-state index contributed by atoms with van der Waals surface area (Å²) in [7, 11) is 1.58. The first-order valence-electron chi connectivity index (χ1n) is 14.6. The van der Waals surface area contributed by atoms with Crippen LogP contribution in [-0.2, 0) is 11.0 Å². The molecule has 2 fully saturated rings. The Labute approximate surface area is 239 Å². The summed E-state index contributed by atoms with van der Waals surface area (Å²) in [6.07, 6.45) is 3.59. The first kappa shape index (κ1) is 30.1. The molecule has 0 radical (unpaired) electrons. The fourth-order valence-electron chi connectivity index (χ4n) is 7.22. The van der Waals surface area contributed by atoms with Crippen molar-refractivity contribution in [2.75, 3.05) is 24.4 Å². The van der Waals surface area contributed by atoms with E-state index in [-0.39, 0.29) is 18.1 Å². The van der Waals surface area contributed by atoms with Crippen LogP contribution in [0.4, 0.5) is 22.4 Å². The van der Waals surface area contributed by atoms with Crippen molar-refractivity contribution in [1.82, 2.24) is 25.1 Å². The predicted molar refractivity (Wildman–Crippen MR) is 159 cm³/mol. The normalized spacial score (nSPS) is 21.3.